The molecule has 1 aromatic rings. The van der Waals surface area contributed by atoms with Crippen molar-refractivity contribution in [3.05, 3.63) is 24.5 Å². The van der Waals surface area contributed by atoms with E-state index in [1.165, 1.54) is 12.4 Å². The van der Waals surface area contributed by atoms with Gasteiger partial charge in [0, 0.05) is 18.9 Å². The molecule has 2 heterocycles. The van der Waals surface area contributed by atoms with Crippen molar-refractivity contribution in [3.63, 3.8) is 0 Å². The maximum Gasteiger partial charge on any atom is 0.182 e. The quantitative estimate of drug-likeness (QED) is 0.835. The minimum Gasteiger partial charge on any atom is -0.315 e. The van der Waals surface area contributed by atoms with Gasteiger partial charge in [-0.2, -0.15) is 0 Å². The summed E-state index contributed by atoms with van der Waals surface area (Å²) in [7, 11) is -3.14. The van der Waals surface area contributed by atoms with Crippen LogP contribution in [0.5, 0.6) is 0 Å². The Kier molecular flexibility index (Phi) is 4.07. The molecule has 0 spiro atoms. The Morgan fingerprint density at radius 1 is 1.33 bits per heavy atom. The van der Waals surface area contributed by atoms with Crippen LogP contribution < -0.4 is 5.32 Å². The number of sulfone groups is 1. The van der Waals surface area contributed by atoms with Gasteiger partial charge in [-0.05, 0) is 25.1 Å². The lowest BCUT2D eigenvalue weighted by Crippen LogP contribution is -2.23. The molecule has 0 amide bonds. The van der Waals surface area contributed by atoms with Crippen LogP contribution in [0.15, 0.2) is 29.4 Å². The zero-order valence-corrected chi connectivity index (χ0v) is 9.72. The third kappa shape index (κ3) is 2.48. The van der Waals surface area contributed by atoms with E-state index in [9.17, 15) is 8.42 Å². The first-order valence-electron chi connectivity index (χ1n) is 4.56. The highest BCUT2D eigenvalue weighted by Crippen LogP contribution is 2.19. The molecular weight excluding hydrogens is 236 g/mol. The van der Waals surface area contributed by atoms with Crippen LogP contribution in [-0.4, -0.2) is 31.7 Å². The molecule has 15 heavy (non-hydrogen) atoms. The summed E-state index contributed by atoms with van der Waals surface area (Å²) in [5.41, 5.74) is 0. The average Bonchev–Trinajstić information content (AvgIpc) is 2.72. The summed E-state index contributed by atoms with van der Waals surface area (Å²) in [4.78, 5) is 4.18. The molecular formula is C9H13ClN2O2S. The van der Waals surface area contributed by atoms with Gasteiger partial charge in [-0.15, -0.1) is 12.4 Å². The lowest BCUT2D eigenvalue weighted by molar-refractivity contribution is 0.583. The summed E-state index contributed by atoms with van der Waals surface area (Å²) in [6, 6.07) is 3.10. The minimum atomic E-state index is -3.14. The molecule has 1 saturated heterocycles. The predicted molar refractivity (Wildman–Crippen MR) is 59.9 cm³/mol. The summed E-state index contributed by atoms with van der Waals surface area (Å²) < 4.78 is 23.9. The van der Waals surface area contributed by atoms with Crippen molar-refractivity contribution >= 4 is 22.2 Å². The van der Waals surface area contributed by atoms with Crippen LogP contribution in [0.25, 0.3) is 0 Å². The normalized spacial score (nSPS) is 20.9. The lowest BCUT2D eigenvalue weighted by Gasteiger charge is -2.09. The standard InChI is InChI=1S/C9H12N2O2S.ClH/c12-14(13,9-3-6-11-7-9)8-1-4-10-5-2-8;/h1-2,4-5,9,11H,3,6-7H2;1H/t9-;/m1./s1. The van der Waals surface area contributed by atoms with Crippen molar-refractivity contribution in [1.29, 1.82) is 0 Å². The minimum absolute atomic E-state index is 0. The van der Waals surface area contributed by atoms with Crippen molar-refractivity contribution in [2.24, 2.45) is 0 Å². The van der Waals surface area contributed by atoms with E-state index in [0.717, 1.165) is 6.54 Å². The van der Waals surface area contributed by atoms with Gasteiger partial charge in [0.1, 0.15) is 0 Å². The second-order valence-electron chi connectivity index (χ2n) is 3.34. The van der Waals surface area contributed by atoms with Crippen LogP contribution in [0.3, 0.4) is 0 Å². The fourth-order valence-corrected chi connectivity index (χ4v) is 3.26. The highest BCUT2D eigenvalue weighted by atomic mass is 35.5. The maximum atomic E-state index is 12.0. The molecule has 4 nitrogen and oxygen atoms in total. The molecule has 1 atom stereocenters. The molecule has 0 saturated carbocycles. The van der Waals surface area contributed by atoms with Gasteiger partial charge in [0.05, 0.1) is 10.1 Å². The number of aromatic nitrogens is 1. The number of rotatable bonds is 2. The number of pyridine rings is 1. The number of hydrogen-bond donors (Lipinski definition) is 1. The van der Waals surface area contributed by atoms with Crippen LogP contribution in [0, 0.1) is 0 Å². The summed E-state index contributed by atoms with van der Waals surface area (Å²) in [6.07, 6.45) is 3.72. The summed E-state index contributed by atoms with van der Waals surface area (Å²) in [5, 5.41) is 2.78. The molecule has 0 aliphatic carbocycles. The number of hydrogen-bond acceptors (Lipinski definition) is 4. The second kappa shape index (κ2) is 4.92. The van der Waals surface area contributed by atoms with Crippen molar-refractivity contribution in [2.45, 2.75) is 16.6 Å². The monoisotopic (exact) mass is 248 g/mol. The van der Waals surface area contributed by atoms with Crippen LogP contribution in [0.4, 0.5) is 0 Å². The van der Waals surface area contributed by atoms with Gasteiger partial charge in [0.15, 0.2) is 9.84 Å². The molecule has 0 aromatic carbocycles. The topological polar surface area (TPSA) is 59.1 Å². The number of nitrogens with zero attached hydrogens (tertiary/aromatic N) is 1. The molecule has 1 fully saturated rings. The molecule has 1 aromatic heterocycles. The van der Waals surface area contributed by atoms with Gasteiger partial charge in [0.25, 0.3) is 0 Å². The zero-order valence-electron chi connectivity index (χ0n) is 8.09. The molecule has 84 valence electrons. The first-order chi connectivity index (χ1) is 6.71. The Hall–Kier alpha value is -0.650. The first kappa shape index (κ1) is 12.4. The van der Waals surface area contributed by atoms with Crippen molar-refractivity contribution in [3.8, 4) is 0 Å². The fourth-order valence-electron chi connectivity index (χ4n) is 1.61. The summed E-state index contributed by atoms with van der Waals surface area (Å²) >= 11 is 0. The average molecular weight is 249 g/mol. The molecule has 0 radical (unpaired) electrons. The van der Waals surface area contributed by atoms with Crippen molar-refractivity contribution < 1.29 is 8.42 Å². The van der Waals surface area contributed by atoms with E-state index >= 15 is 0 Å². The first-order valence-corrected chi connectivity index (χ1v) is 6.10. The van der Waals surface area contributed by atoms with E-state index in [-0.39, 0.29) is 17.7 Å². The maximum absolute atomic E-state index is 12.0. The Morgan fingerprint density at radius 3 is 2.53 bits per heavy atom. The lowest BCUT2D eigenvalue weighted by atomic mass is 10.4. The van der Waals surface area contributed by atoms with E-state index in [0.29, 0.717) is 17.9 Å². The largest absolute Gasteiger partial charge is 0.315 e. The molecule has 2 rings (SSSR count). The smallest absolute Gasteiger partial charge is 0.182 e. The number of nitrogens with one attached hydrogen (secondary N) is 1. The van der Waals surface area contributed by atoms with E-state index in [2.05, 4.69) is 10.3 Å². The van der Waals surface area contributed by atoms with Crippen LogP contribution in [0.2, 0.25) is 0 Å². The van der Waals surface area contributed by atoms with Gasteiger partial charge < -0.3 is 5.32 Å². The van der Waals surface area contributed by atoms with E-state index in [1.807, 2.05) is 0 Å². The van der Waals surface area contributed by atoms with Gasteiger partial charge in [-0.1, -0.05) is 0 Å². The van der Waals surface area contributed by atoms with Gasteiger partial charge in [-0.25, -0.2) is 8.42 Å². The molecule has 1 N–H and O–H groups in total. The Labute approximate surface area is 95.4 Å². The molecule has 0 unspecified atom stereocenters. The highest BCUT2D eigenvalue weighted by molar-refractivity contribution is 7.92. The van der Waals surface area contributed by atoms with Crippen molar-refractivity contribution in [2.75, 3.05) is 13.1 Å². The Morgan fingerprint density at radius 2 is 2.00 bits per heavy atom. The Balaban J connectivity index is 0.00000112. The van der Waals surface area contributed by atoms with Crippen molar-refractivity contribution in [1.82, 2.24) is 10.3 Å². The molecule has 6 heteroatoms. The zero-order chi connectivity index (χ0) is 10.0. The molecule has 0 bridgehead atoms. The molecule has 1 aliphatic rings. The molecule has 1 aliphatic heterocycles. The van der Waals surface area contributed by atoms with Gasteiger partial charge in [-0.3, -0.25) is 4.98 Å². The van der Waals surface area contributed by atoms with Crippen LogP contribution >= 0.6 is 12.4 Å². The van der Waals surface area contributed by atoms with Crippen LogP contribution in [0.1, 0.15) is 6.42 Å². The highest BCUT2D eigenvalue weighted by Gasteiger charge is 2.29. The third-order valence-electron chi connectivity index (χ3n) is 2.43. The van der Waals surface area contributed by atoms with E-state index in [4.69, 9.17) is 0 Å². The van der Waals surface area contributed by atoms with Gasteiger partial charge in [0.2, 0.25) is 0 Å². The van der Waals surface area contributed by atoms with E-state index in [1.54, 1.807) is 12.1 Å². The summed E-state index contributed by atoms with van der Waals surface area (Å²) in [5.74, 6) is 0. The van der Waals surface area contributed by atoms with Gasteiger partial charge >= 0.3 is 0 Å². The Bertz CT molecular complexity index is 401. The third-order valence-corrected chi connectivity index (χ3v) is 4.64. The SMILES string of the molecule is Cl.O=S(=O)(c1ccncc1)[C@@H]1CCNC1. The second-order valence-corrected chi connectivity index (χ2v) is 5.57. The number of halogens is 1. The van der Waals surface area contributed by atoms with E-state index < -0.39 is 9.84 Å². The van der Waals surface area contributed by atoms with Crippen LogP contribution in [-0.2, 0) is 9.84 Å². The fraction of sp³-hybridized carbons (Fsp3) is 0.444. The summed E-state index contributed by atoms with van der Waals surface area (Å²) in [6.45, 7) is 1.35. The predicted octanol–water partition coefficient (Wildman–Crippen LogP) is 0.639.